The summed E-state index contributed by atoms with van der Waals surface area (Å²) in [7, 11) is 3.42. The van der Waals surface area contributed by atoms with E-state index in [0.717, 1.165) is 42.0 Å². The summed E-state index contributed by atoms with van der Waals surface area (Å²) in [5.41, 5.74) is 7.86. The molecular formula is C13H21BrN2O2. The van der Waals surface area contributed by atoms with E-state index in [2.05, 4.69) is 20.8 Å². The van der Waals surface area contributed by atoms with E-state index in [9.17, 15) is 0 Å². The summed E-state index contributed by atoms with van der Waals surface area (Å²) in [6, 6.07) is 5.90. The van der Waals surface area contributed by atoms with E-state index in [0.29, 0.717) is 6.61 Å². The van der Waals surface area contributed by atoms with Crippen molar-refractivity contribution in [1.82, 2.24) is 0 Å². The average molecular weight is 317 g/mol. The van der Waals surface area contributed by atoms with Crippen molar-refractivity contribution >= 4 is 27.3 Å². The molecule has 0 saturated carbocycles. The molecule has 102 valence electrons. The van der Waals surface area contributed by atoms with Crippen LogP contribution in [-0.2, 0) is 9.47 Å². The van der Waals surface area contributed by atoms with Gasteiger partial charge in [0, 0.05) is 38.4 Å². The number of halogens is 1. The summed E-state index contributed by atoms with van der Waals surface area (Å²) < 4.78 is 11.3. The Morgan fingerprint density at radius 3 is 2.56 bits per heavy atom. The van der Waals surface area contributed by atoms with Gasteiger partial charge in [-0.15, -0.1) is 0 Å². The molecule has 0 aromatic heterocycles. The van der Waals surface area contributed by atoms with Gasteiger partial charge in [0.2, 0.25) is 0 Å². The van der Waals surface area contributed by atoms with E-state index in [1.165, 1.54) is 0 Å². The topological polar surface area (TPSA) is 47.7 Å². The molecule has 18 heavy (non-hydrogen) atoms. The van der Waals surface area contributed by atoms with Crippen molar-refractivity contribution in [1.29, 1.82) is 0 Å². The highest BCUT2D eigenvalue weighted by atomic mass is 79.9. The molecule has 0 saturated heterocycles. The van der Waals surface area contributed by atoms with Gasteiger partial charge in [-0.05, 0) is 24.6 Å². The third-order valence-corrected chi connectivity index (χ3v) is 3.17. The van der Waals surface area contributed by atoms with Gasteiger partial charge in [-0.3, -0.25) is 0 Å². The Hall–Kier alpha value is -0.780. The first-order chi connectivity index (χ1) is 8.69. The van der Waals surface area contributed by atoms with Crippen molar-refractivity contribution < 1.29 is 9.47 Å². The minimum atomic E-state index is 0.679. The lowest BCUT2D eigenvalue weighted by molar-refractivity contribution is 0.191. The maximum atomic E-state index is 6.03. The second kappa shape index (κ2) is 8.34. The highest BCUT2D eigenvalue weighted by molar-refractivity contribution is 9.10. The standard InChI is InChI=1S/C13H21BrN2O2/c1-17-8-3-6-16(7-9-18-2)13-10-11(14)4-5-12(13)15/h4-5,10H,3,6-9,15H2,1-2H3. The predicted octanol–water partition coefficient (Wildman–Crippen LogP) is 2.52. The summed E-state index contributed by atoms with van der Waals surface area (Å²) >= 11 is 3.48. The Balaban J connectivity index is 2.75. The van der Waals surface area contributed by atoms with E-state index >= 15 is 0 Å². The molecule has 2 N–H and O–H groups in total. The lowest BCUT2D eigenvalue weighted by Gasteiger charge is -2.26. The maximum Gasteiger partial charge on any atom is 0.0637 e. The van der Waals surface area contributed by atoms with Gasteiger partial charge in [0.05, 0.1) is 18.0 Å². The Kier molecular flexibility index (Phi) is 7.08. The Morgan fingerprint density at radius 1 is 1.17 bits per heavy atom. The van der Waals surface area contributed by atoms with Gasteiger partial charge >= 0.3 is 0 Å². The summed E-state index contributed by atoms with van der Waals surface area (Å²) in [5, 5.41) is 0. The molecule has 0 spiro atoms. The number of ether oxygens (including phenoxy) is 2. The molecule has 0 radical (unpaired) electrons. The van der Waals surface area contributed by atoms with Crippen LogP contribution in [0.15, 0.2) is 22.7 Å². The maximum absolute atomic E-state index is 6.03. The van der Waals surface area contributed by atoms with Crippen LogP contribution in [0, 0.1) is 0 Å². The third-order valence-electron chi connectivity index (χ3n) is 2.67. The molecule has 1 aromatic rings. The quantitative estimate of drug-likeness (QED) is 0.591. The van der Waals surface area contributed by atoms with Crippen LogP contribution in [0.5, 0.6) is 0 Å². The fraction of sp³-hybridized carbons (Fsp3) is 0.538. The van der Waals surface area contributed by atoms with E-state index in [1.54, 1.807) is 14.2 Å². The SMILES string of the molecule is COCCCN(CCOC)c1cc(Br)ccc1N. The minimum Gasteiger partial charge on any atom is -0.397 e. The van der Waals surface area contributed by atoms with Crippen molar-refractivity contribution in [2.24, 2.45) is 0 Å². The summed E-state index contributed by atoms with van der Waals surface area (Å²) in [6.07, 6.45) is 0.964. The molecule has 1 aromatic carbocycles. The molecule has 0 aliphatic carbocycles. The number of benzene rings is 1. The predicted molar refractivity (Wildman–Crippen MR) is 79.1 cm³/mol. The molecule has 0 heterocycles. The number of hydrogen-bond acceptors (Lipinski definition) is 4. The number of nitrogens with zero attached hydrogens (tertiary/aromatic N) is 1. The van der Waals surface area contributed by atoms with Crippen LogP contribution >= 0.6 is 15.9 Å². The average Bonchev–Trinajstić information content (AvgIpc) is 2.37. The van der Waals surface area contributed by atoms with Crippen molar-refractivity contribution in [3.05, 3.63) is 22.7 Å². The lowest BCUT2D eigenvalue weighted by Crippen LogP contribution is -2.29. The van der Waals surface area contributed by atoms with Crippen LogP contribution in [0.1, 0.15) is 6.42 Å². The van der Waals surface area contributed by atoms with Crippen molar-refractivity contribution in [3.8, 4) is 0 Å². The van der Waals surface area contributed by atoms with Crippen LogP contribution in [0.3, 0.4) is 0 Å². The molecule has 0 amide bonds. The largest absolute Gasteiger partial charge is 0.397 e. The van der Waals surface area contributed by atoms with E-state index < -0.39 is 0 Å². The first-order valence-electron chi connectivity index (χ1n) is 5.97. The number of hydrogen-bond donors (Lipinski definition) is 1. The van der Waals surface area contributed by atoms with Gasteiger partial charge in [0.1, 0.15) is 0 Å². The Bertz CT molecular complexity index is 361. The zero-order chi connectivity index (χ0) is 13.4. The number of methoxy groups -OCH3 is 2. The molecular weight excluding hydrogens is 296 g/mol. The second-order valence-corrected chi connectivity index (χ2v) is 4.95. The zero-order valence-electron chi connectivity index (χ0n) is 11.0. The number of nitrogens with two attached hydrogens (primary N) is 1. The third kappa shape index (κ3) is 4.84. The highest BCUT2D eigenvalue weighted by Gasteiger charge is 2.10. The van der Waals surface area contributed by atoms with E-state index in [1.807, 2.05) is 18.2 Å². The van der Waals surface area contributed by atoms with Crippen LogP contribution in [0.2, 0.25) is 0 Å². The zero-order valence-corrected chi connectivity index (χ0v) is 12.6. The van der Waals surface area contributed by atoms with Gasteiger partial charge in [0.25, 0.3) is 0 Å². The van der Waals surface area contributed by atoms with E-state index in [-0.39, 0.29) is 0 Å². The minimum absolute atomic E-state index is 0.679. The van der Waals surface area contributed by atoms with Gasteiger partial charge in [-0.25, -0.2) is 0 Å². The first kappa shape index (κ1) is 15.3. The fourth-order valence-corrected chi connectivity index (χ4v) is 2.09. The molecule has 0 atom stereocenters. The summed E-state index contributed by atoms with van der Waals surface area (Å²) in [6.45, 7) is 3.15. The highest BCUT2D eigenvalue weighted by Crippen LogP contribution is 2.27. The first-order valence-corrected chi connectivity index (χ1v) is 6.76. The van der Waals surface area contributed by atoms with E-state index in [4.69, 9.17) is 15.2 Å². The van der Waals surface area contributed by atoms with Gasteiger partial charge in [-0.1, -0.05) is 15.9 Å². The molecule has 1 rings (SSSR count). The van der Waals surface area contributed by atoms with Crippen LogP contribution < -0.4 is 10.6 Å². The fourth-order valence-electron chi connectivity index (χ4n) is 1.74. The Labute approximate surface area is 117 Å². The van der Waals surface area contributed by atoms with Crippen molar-refractivity contribution in [3.63, 3.8) is 0 Å². The van der Waals surface area contributed by atoms with Gasteiger partial charge in [0.15, 0.2) is 0 Å². The van der Waals surface area contributed by atoms with Crippen molar-refractivity contribution in [2.45, 2.75) is 6.42 Å². The van der Waals surface area contributed by atoms with Gasteiger partial charge in [-0.2, -0.15) is 0 Å². The van der Waals surface area contributed by atoms with Crippen LogP contribution in [-0.4, -0.2) is 40.5 Å². The molecule has 0 unspecified atom stereocenters. The molecule has 5 heteroatoms. The molecule has 0 aliphatic heterocycles. The number of rotatable bonds is 8. The number of anilines is 2. The van der Waals surface area contributed by atoms with Crippen LogP contribution in [0.4, 0.5) is 11.4 Å². The van der Waals surface area contributed by atoms with Crippen LogP contribution in [0.25, 0.3) is 0 Å². The number of nitrogen functional groups attached to an aromatic ring is 1. The molecule has 4 nitrogen and oxygen atoms in total. The normalized spacial score (nSPS) is 10.6. The summed E-state index contributed by atoms with van der Waals surface area (Å²) in [5.74, 6) is 0. The second-order valence-electron chi connectivity index (χ2n) is 4.03. The molecule has 0 bridgehead atoms. The molecule has 0 aliphatic rings. The molecule has 0 fully saturated rings. The monoisotopic (exact) mass is 316 g/mol. The summed E-state index contributed by atoms with van der Waals surface area (Å²) in [4.78, 5) is 2.22. The van der Waals surface area contributed by atoms with Crippen molar-refractivity contribution in [2.75, 3.05) is 51.2 Å². The van der Waals surface area contributed by atoms with Gasteiger partial charge < -0.3 is 20.1 Å². The smallest absolute Gasteiger partial charge is 0.0637 e. The Morgan fingerprint density at radius 2 is 1.89 bits per heavy atom. The lowest BCUT2D eigenvalue weighted by atomic mass is 10.2.